The predicted octanol–water partition coefficient (Wildman–Crippen LogP) is 4.44. The third-order valence-electron chi connectivity index (χ3n) is 2.45. The van der Waals surface area contributed by atoms with Gasteiger partial charge in [0.2, 0.25) is 0 Å². The molecule has 2 aromatic carbocycles. The van der Waals surface area contributed by atoms with Crippen molar-refractivity contribution < 1.29 is 4.74 Å². The summed E-state index contributed by atoms with van der Waals surface area (Å²) in [4.78, 5) is 0. The van der Waals surface area contributed by atoms with Gasteiger partial charge in [-0.3, -0.25) is 0 Å². The van der Waals surface area contributed by atoms with E-state index < -0.39 is 0 Å². The van der Waals surface area contributed by atoms with E-state index in [4.69, 9.17) is 22.1 Å². The predicted molar refractivity (Wildman–Crippen MR) is 79.8 cm³/mol. The van der Waals surface area contributed by atoms with Crippen molar-refractivity contribution in [1.29, 1.82) is 0 Å². The van der Waals surface area contributed by atoms with E-state index in [1.54, 1.807) is 25.3 Å². The van der Waals surface area contributed by atoms with Gasteiger partial charge in [0, 0.05) is 9.50 Å². The van der Waals surface area contributed by atoms with Gasteiger partial charge in [-0.15, -0.1) is 0 Å². The van der Waals surface area contributed by atoms with Crippen molar-refractivity contribution >= 4 is 44.6 Å². The Labute approximate surface area is 119 Å². The van der Waals surface area contributed by atoms with Crippen LogP contribution in [0.2, 0.25) is 5.02 Å². The molecule has 0 atom stereocenters. The Morgan fingerprint density at radius 3 is 2.67 bits per heavy atom. The number of halogens is 2. The van der Waals surface area contributed by atoms with Gasteiger partial charge in [-0.05, 0) is 36.4 Å². The summed E-state index contributed by atoms with van der Waals surface area (Å²) in [5.41, 5.74) is 8.09. The van der Waals surface area contributed by atoms with Crippen molar-refractivity contribution in [2.75, 3.05) is 18.2 Å². The fourth-order valence-electron chi connectivity index (χ4n) is 1.56. The van der Waals surface area contributed by atoms with Crippen LogP contribution in [0.4, 0.5) is 17.1 Å². The minimum atomic E-state index is 0.626. The van der Waals surface area contributed by atoms with Gasteiger partial charge in [-0.2, -0.15) is 0 Å². The van der Waals surface area contributed by atoms with Crippen LogP contribution >= 0.6 is 27.5 Å². The van der Waals surface area contributed by atoms with Crippen LogP contribution in [0.5, 0.6) is 5.75 Å². The highest BCUT2D eigenvalue weighted by molar-refractivity contribution is 9.10. The molecule has 0 aliphatic rings. The highest BCUT2D eigenvalue weighted by Gasteiger charge is 2.06. The lowest BCUT2D eigenvalue weighted by molar-refractivity contribution is 0.417. The molecule has 2 aromatic rings. The molecule has 5 heteroatoms. The van der Waals surface area contributed by atoms with Crippen LogP contribution < -0.4 is 15.8 Å². The number of methoxy groups -OCH3 is 1. The van der Waals surface area contributed by atoms with Crippen molar-refractivity contribution in [2.24, 2.45) is 0 Å². The number of nitrogen functional groups attached to an aromatic ring is 1. The van der Waals surface area contributed by atoms with Crippen molar-refractivity contribution in [3.05, 3.63) is 45.9 Å². The van der Waals surface area contributed by atoms with Crippen LogP contribution in [0.1, 0.15) is 0 Å². The molecular weight excluding hydrogens is 316 g/mol. The maximum atomic E-state index is 5.95. The van der Waals surface area contributed by atoms with Gasteiger partial charge in [-0.25, -0.2) is 0 Å². The summed E-state index contributed by atoms with van der Waals surface area (Å²) in [5, 5.41) is 3.83. The minimum Gasteiger partial charge on any atom is -0.495 e. The smallest absolute Gasteiger partial charge is 0.142 e. The summed E-state index contributed by atoms with van der Waals surface area (Å²) in [6.07, 6.45) is 0. The van der Waals surface area contributed by atoms with Crippen LogP contribution in [-0.4, -0.2) is 7.11 Å². The first kappa shape index (κ1) is 13.1. The standard InChI is InChI=1S/C13H12BrClN2O/c1-18-13-5-2-8(14)6-12(13)17-11-7-9(15)3-4-10(11)16/h2-7,17H,16H2,1H3. The molecule has 0 radical (unpaired) electrons. The van der Waals surface area contributed by atoms with E-state index in [0.717, 1.165) is 21.6 Å². The number of nitrogens with one attached hydrogen (secondary N) is 1. The maximum Gasteiger partial charge on any atom is 0.142 e. The molecule has 94 valence electrons. The van der Waals surface area contributed by atoms with Crippen LogP contribution in [0.25, 0.3) is 0 Å². The molecule has 2 rings (SSSR count). The molecular formula is C13H12BrClN2O. The zero-order valence-corrected chi connectivity index (χ0v) is 12.0. The van der Waals surface area contributed by atoms with E-state index >= 15 is 0 Å². The van der Waals surface area contributed by atoms with E-state index in [1.165, 1.54) is 0 Å². The molecule has 3 N–H and O–H groups in total. The lowest BCUT2D eigenvalue weighted by Gasteiger charge is -2.13. The van der Waals surface area contributed by atoms with Crippen LogP contribution in [0, 0.1) is 0 Å². The molecule has 0 heterocycles. The molecule has 18 heavy (non-hydrogen) atoms. The molecule has 0 spiro atoms. The monoisotopic (exact) mass is 326 g/mol. The van der Waals surface area contributed by atoms with E-state index in [-0.39, 0.29) is 0 Å². The molecule has 0 aromatic heterocycles. The molecule has 0 saturated heterocycles. The fourth-order valence-corrected chi connectivity index (χ4v) is 2.09. The van der Waals surface area contributed by atoms with Crippen molar-refractivity contribution in [1.82, 2.24) is 0 Å². The van der Waals surface area contributed by atoms with E-state index in [2.05, 4.69) is 21.2 Å². The average Bonchev–Trinajstić information content (AvgIpc) is 2.34. The number of hydrogen-bond acceptors (Lipinski definition) is 3. The minimum absolute atomic E-state index is 0.626. The van der Waals surface area contributed by atoms with Gasteiger partial charge in [0.05, 0.1) is 24.2 Å². The Morgan fingerprint density at radius 2 is 1.94 bits per heavy atom. The molecule has 0 fully saturated rings. The Bertz CT molecular complexity index is 575. The number of benzene rings is 2. The van der Waals surface area contributed by atoms with Crippen LogP contribution in [0.3, 0.4) is 0 Å². The zero-order chi connectivity index (χ0) is 13.1. The van der Waals surface area contributed by atoms with Crippen LogP contribution in [-0.2, 0) is 0 Å². The maximum absolute atomic E-state index is 5.95. The first-order valence-corrected chi connectivity index (χ1v) is 6.43. The van der Waals surface area contributed by atoms with Crippen LogP contribution in [0.15, 0.2) is 40.9 Å². The Kier molecular flexibility index (Phi) is 3.99. The average molecular weight is 328 g/mol. The van der Waals surface area contributed by atoms with Crippen molar-refractivity contribution in [3.8, 4) is 5.75 Å². The molecule has 0 aliphatic heterocycles. The Balaban J connectivity index is 2.38. The van der Waals surface area contributed by atoms with Gasteiger partial charge < -0.3 is 15.8 Å². The van der Waals surface area contributed by atoms with Gasteiger partial charge in [-0.1, -0.05) is 27.5 Å². The summed E-state index contributed by atoms with van der Waals surface area (Å²) in [6, 6.07) is 11.0. The highest BCUT2D eigenvalue weighted by Crippen LogP contribution is 2.33. The summed E-state index contributed by atoms with van der Waals surface area (Å²) in [6.45, 7) is 0. The van der Waals surface area contributed by atoms with E-state index in [0.29, 0.717) is 10.7 Å². The van der Waals surface area contributed by atoms with Gasteiger partial charge >= 0.3 is 0 Å². The lowest BCUT2D eigenvalue weighted by atomic mass is 10.2. The van der Waals surface area contributed by atoms with Gasteiger partial charge in [0.25, 0.3) is 0 Å². The third-order valence-corrected chi connectivity index (χ3v) is 3.17. The molecule has 3 nitrogen and oxygen atoms in total. The second-order valence-corrected chi connectivity index (χ2v) is 5.05. The second-order valence-electron chi connectivity index (χ2n) is 3.70. The first-order chi connectivity index (χ1) is 8.60. The second kappa shape index (κ2) is 5.50. The van der Waals surface area contributed by atoms with E-state index in [1.807, 2.05) is 18.2 Å². The summed E-state index contributed by atoms with van der Waals surface area (Å²) in [7, 11) is 1.62. The van der Waals surface area contributed by atoms with Gasteiger partial charge in [0.15, 0.2) is 0 Å². The van der Waals surface area contributed by atoms with E-state index in [9.17, 15) is 0 Å². The normalized spacial score (nSPS) is 10.2. The molecule has 0 saturated carbocycles. The van der Waals surface area contributed by atoms with Crippen molar-refractivity contribution in [3.63, 3.8) is 0 Å². The largest absolute Gasteiger partial charge is 0.495 e. The Morgan fingerprint density at radius 1 is 1.17 bits per heavy atom. The number of ether oxygens (including phenoxy) is 1. The van der Waals surface area contributed by atoms with Crippen molar-refractivity contribution in [2.45, 2.75) is 0 Å². The number of anilines is 3. The topological polar surface area (TPSA) is 47.3 Å². The fraction of sp³-hybridized carbons (Fsp3) is 0.0769. The quantitative estimate of drug-likeness (QED) is 0.819. The molecule has 0 amide bonds. The van der Waals surface area contributed by atoms with Gasteiger partial charge in [0.1, 0.15) is 5.75 Å². The number of nitrogens with two attached hydrogens (primary N) is 1. The number of rotatable bonds is 3. The summed E-state index contributed by atoms with van der Waals surface area (Å²) >= 11 is 9.37. The SMILES string of the molecule is COc1ccc(Br)cc1Nc1cc(Cl)ccc1N. The number of hydrogen-bond donors (Lipinski definition) is 2. The lowest BCUT2D eigenvalue weighted by Crippen LogP contribution is -1.98. The molecule has 0 aliphatic carbocycles. The zero-order valence-electron chi connectivity index (χ0n) is 9.71. The summed E-state index contributed by atoms with van der Waals surface area (Å²) < 4.78 is 6.24. The first-order valence-electron chi connectivity index (χ1n) is 5.26. The third kappa shape index (κ3) is 2.89. The summed E-state index contributed by atoms with van der Waals surface area (Å²) in [5.74, 6) is 0.734. The Hall–Kier alpha value is -1.39. The molecule has 0 unspecified atom stereocenters. The highest BCUT2D eigenvalue weighted by atomic mass is 79.9. The molecule has 0 bridgehead atoms.